The number of carbonyl (C=O) groups excluding carboxylic acids is 2. The van der Waals surface area contributed by atoms with Gasteiger partial charge in [0.2, 0.25) is 10.0 Å². The molecule has 0 bridgehead atoms. The van der Waals surface area contributed by atoms with Crippen LogP contribution in [0.4, 0.5) is 0 Å². The van der Waals surface area contributed by atoms with Crippen LogP contribution in [-0.2, 0) is 29.5 Å². The highest BCUT2D eigenvalue weighted by molar-refractivity contribution is 7.89. The summed E-state index contributed by atoms with van der Waals surface area (Å²) in [6.07, 6.45) is 0.696. The SMILES string of the molecule is CNC(=O)c1cccc(CNC(=O)c2cccc(S(=O)(=O)N3CCc4sccc4C3)c2)c1. The third kappa shape index (κ3) is 4.59. The molecule has 7 nitrogen and oxygen atoms in total. The van der Waals surface area contributed by atoms with Gasteiger partial charge >= 0.3 is 0 Å². The Hall–Kier alpha value is -3.01. The first-order valence-electron chi connectivity index (χ1n) is 10.1. The Morgan fingerprint density at radius 2 is 1.78 bits per heavy atom. The van der Waals surface area contributed by atoms with Gasteiger partial charge in [0.15, 0.2) is 0 Å². The maximum absolute atomic E-state index is 13.2. The smallest absolute Gasteiger partial charge is 0.251 e. The van der Waals surface area contributed by atoms with Gasteiger partial charge in [0.1, 0.15) is 0 Å². The largest absolute Gasteiger partial charge is 0.355 e. The summed E-state index contributed by atoms with van der Waals surface area (Å²) >= 11 is 1.65. The molecule has 1 aromatic heterocycles. The van der Waals surface area contributed by atoms with Crippen LogP contribution in [0, 0.1) is 0 Å². The molecule has 0 radical (unpaired) electrons. The van der Waals surface area contributed by atoms with Crippen LogP contribution >= 0.6 is 11.3 Å². The van der Waals surface area contributed by atoms with Gasteiger partial charge in [-0.2, -0.15) is 4.31 Å². The summed E-state index contributed by atoms with van der Waals surface area (Å²) in [7, 11) is -2.15. The minimum Gasteiger partial charge on any atom is -0.355 e. The topological polar surface area (TPSA) is 95.6 Å². The van der Waals surface area contributed by atoms with E-state index in [0.29, 0.717) is 25.1 Å². The van der Waals surface area contributed by atoms with E-state index in [1.165, 1.54) is 21.3 Å². The first-order chi connectivity index (χ1) is 15.4. The number of rotatable bonds is 6. The Morgan fingerprint density at radius 1 is 1.03 bits per heavy atom. The number of benzene rings is 2. The molecule has 0 spiro atoms. The van der Waals surface area contributed by atoms with E-state index >= 15 is 0 Å². The summed E-state index contributed by atoms with van der Waals surface area (Å²) in [6.45, 7) is 0.987. The van der Waals surface area contributed by atoms with Crippen LogP contribution < -0.4 is 10.6 Å². The van der Waals surface area contributed by atoms with Crippen molar-refractivity contribution in [2.45, 2.75) is 24.4 Å². The van der Waals surface area contributed by atoms with E-state index in [1.807, 2.05) is 17.5 Å². The van der Waals surface area contributed by atoms with Crippen LogP contribution in [0.3, 0.4) is 0 Å². The predicted molar refractivity (Wildman–Crippen MR) is 123 cm³/mol. The molecule has 0 saturated carbocycles. The minimum atomic E-state index is -3.71. The van der Waals surface area contributed by atoms with Crippen molar-refractivity contribution in [1.29, 1.82) is 0 Å². The van der Waals surface area contributed by atoms with Crippen molar-refractivity contribution in [3.8, 4) is 0 Å². The molecular weight excluding hydrogens is 446 g/mol. The zero-order chi connectivity index (χ0) is 22.7. The fourth-order valence-electron chi connectivity index (χ4n) is 3.63. The molecule has 0 atom stereocenters. The molecule has 32 heavy (non-hydrogen) atoms. The Labute approximate surface area is 191 Å². The number of nitrogens with zero attached hydrogens (tertiary/aromatic N) is 1. The van der Waals surface area contributed by atoms with Gasteiger partial charge in [-0.15, -0.1) is 11.3 Å². The highest BCUT2D eigenvalue weighted by Crippen LogP contribution is 2.28. The van der Waals surface area contributed by atoms with Crippen molar-refractivity contribution in [3.05, 3.63) is 87.1 Å². The van der Waals surface area contributed by atoms with Gasteiger partial charge in [-0.05, 0) is 59.3 Å². The number of hydrogen-bond donors (Lipinski definition) is 2. The first-order valence-corrected chi connectivity index (χ1v) is 12.4. The maximum atomic E-state index is 13.2. The standard InChI is InChI=1S/C23H23N3O4S2/c1-24-22(27)17-5-2-4-16(12-17)14-25-23(28)18-6-3-7-20(13-18)32(29,30)26-10-8-21-19(15-26)9-11-31-21/h2-7,9,11-13H,8,10,14-15H2,1H3,(H,24,27)(H,25,28). The minimum absolute atomic E-state index is 0.102. The van der Waals surface area contributed by atoms with Gasteiger partial charge in [-0.3, -0.25) is 9.59 Å². The molecule has 1 aliphatic heterocycles. The van der Waals surface area contributed by atoms with Crippen molar-refractivity contribution in [3.63, 3.8) is 0 Å². The van der Waals surface area contributed by atoms with Crippen molar-refractivity contribution in [2.75, 3.05) is 13.6 Å². The molecule has 1 aliphatic rings. The molecule has 3 aromatic rings. The molecule has 4 rings (SSSR count). The Balaban J connectivity index is 1.47. The van der Waals surface area contributed by atoms with Crippen molar-refractivity contribution < 1.29 is 18.0 Å². The third-order valence-corrected chi connectivity index (χ3v) is 8.24. The predicted octanol–water partition coefficient (Wildman–Crippen LogP) is 2.78. The zero-order valence-corrected chi connectivity index (χ0v) is 19.1. The number of amides is 2. The number of carbonyl (C=O) groups is 2. The summed E-state index contributed by atoms with van der Waals surface area (Å²) in [5.41, 5.74) is 2.57. The van der Waals surface area contributed by atoms with Crippen molar-refractivity contribution in [2.24, 2.45) is 0 Å². The third-order valence-electron chi connectivity index (χ3n) is 5.38. The highest BCUT2D eigenvalue weighted by atomic mass is 32.2. The summed E-state index contributed by atoms with van der Waals surface area (Å²) in [6, 6.07) is 15.0. The summed E-state index contributed by atoms with van der Waals surface area (Å²) in [5, 5.41) is 7.34. The molecule has 166 valence electrons. The first kappa shape index (κ1) is 22.2. The van der Waals surface area contributed by atoms with Crippen LogP contribution in [0.5, 0.6) is 0 Å². The molecule has 2 heterocycles. The molecule has 0 aliphatic carbocycles. The molecule has 2 amide bonds. The summed E-state index contributed by atoms with van der Waals surface area (Å²) in [5.74, 6) is -0.588. The fraction of sp³-hybridized carbons (Fsp3) is 0.217. The number of thiophene rings is 1. The second kappa shape index (κ2) is 9.23. The Bertz CT molecular complexity index is 1270. The second-order valence-electron chi connectivity index (χ2n) is 7.45. The van der Waals surface area contributed by atoms with Gasteiger partial charge in [0.25, 0.3) is 11.8 Å². The number of nitrogens with one attached hydrogen (secondary N) is 2. The normalized spacial score (nSPS) is 13.9. The van der Waals surface area contributed by atoms with Crippen LogP contribution in [-0.4, -0.2) is 38.1 Å². The summed E-state index contributed by atoms with van der Waals surface area (Å²) < 4.78 is 27.8. The van der Waals surface area contributed by atoms with E-state index in [0.717, 1.165) is 11.1 Å². The zero-order valence-electron chi connectivity index (χ0n) is 17.5. The average molecular weight is 470 g/mol. The lowest BCUT2D eigenvalue weighted by molar-refractivity contribution is 0.0948. The van der Waals surface area contributed by atoms with Gasteiger partial charge in [0, 0.05) is 42.7 Å². The quantitative estimate of drug-likeness (QED) is 0.580. The van der Waals surface area contributed by atoms with Crippen LogP contribution in [0.2, 0.25) is 0 Å². The van der Waals surface area contributed by atoms with E-state index in [-0.39, 0.29) is 28.8 Å². The molecule has 2 aromatic carbocycles. The van der Waals surface area contributed by atoms with E-state index < -0.39 is 10.0 Å². The molecule has 9 heteroatoms. The van der Waals surface area contributed by atoms with E-state index in [9.17, 15) is 18.0 Å². The molecular formula is C23H23N3O4S2. The molecule has 0 unspecified atom stereocenters. The Kier molecular flexibility index (Phi) is 6.40. The van der Waals surface area contributed by atoms with Crippen LogP contribution in [0.15, 0.2) is 64.9 Å². The fourth-order valence-corrected chi connectivity index (χ4v) is 5.98. The number of sulfonamides is 1. The second-order valence-corrected chi connectivity index (χ2v) is 10.4. The van der Waals surface area contributed by atoms with E-state index in [2.05, 4.69) is 10.6 Å². The highest BCUT2D eigenvalue weighted by Gasteiger charge is 2.29. The van der Waals surface area contributed by atoms with E-state index in [1.54, 1.807) is 48.7 Å². The number of fused-ring (bicyclic) bond motifs is 1. The lowest BCUT2D eigenvalue weighted by Crippen LogP contribution is -2.35. The monoisotopic (exact) mass is 469 g/mol. The van der Waals surface area contributed by atoms with Gasteiger partial charge < -0.3 is 10.6 Å². The van der Waals surface area contributed by atoms with Gasteiger partial charge in [-0.25, -0.2) is 8.42 Å². The maximum Gasteiger partial charge on any atom is 0.251 e. The van der Waals surface area contributed by atoms with Crippen LogP contribution in [0.25, 0.3) is 0 Å². The Morgan fingerprint density at radius 3 is 2.56 bits per heavy atom. The van der Waals surface area contributed by atoms with Gasteiger partial charge in [0.05, 0.1) is 4.90 Å². The van der Waals surface area contributed by atoms with Crippen molar-refractivity contribution >= 4 is 33.2 Å². The lowest BCUT2D eigenvalue weighted by Gasteiger charge is -2.26. The van der Waals surface area contributed by atoms with Crippen molar-refractivity contribution in [1.82, 2.24) is 14.9 Å². The average Bonchev–Trinajstić information content (AvgIpc) is 3.30. The van der Waals surface area contributed by atoms with E-state index in [4.69, 9.17) is 0 Å². The molecule has 0 fully saturated rings. The molecule has 2 N–H and O–H groups in total. The van der Waals surface area contributed by atoms with Crippen LogP contribution in [0.1, 0.15) is 36.7 Å². The summed E-state index contributed by atoms with van der Waals surface area (Å²) in [4.78, 5) is 25.8. The lowest BCUT2D eigenvalue weighted by atomic mass is 10.1. The molecule has 0 saturated heterocycles. The number of hydrogen-bond acceptors (Lipinski definition) is 5. The van der Waals surface area contributed by atoms with Gasteiger partial charge in [-0.1, -0.05) is 18.2 Å².